The highest BCUT2D eigenvalue weighted by molar-refractivity contribution is 7.99. The molecule has 0 spiro atoms. The first-order valence-corrected chi connectivity index (χ1v) is 8.93. The van der Waals surface area contributed by atoms with Crippen molar-refractivity contribution in [3.63, 3.8) is 0 Å². The van der Waals surface area contributed by atoms with E-state index in [-0.39, 0.29) is 0 Å². The Balaban J connectivity index is 1.60. The third kappa shape index (κ3) is 3.38. The second-order valence-electron chi connectivity index (χ2n) is 5.81. The number of aromatic nitrogens is 2. The number of ether oxygens (including phenoxy) is 1. The molecule has 1 saturated carbocycles. The molecule has 3 rings (SSSR count). The van der Waals surface area contributed by atoms with Gasteiger partial charge in [0.15, 0.2) is 0 Å². The summed E-state index contributed by atoms with van der Waals surface area (Å²) in [7, 11) is 2.03. The summed E-state index contributed by atoms with van der Waals surface area (Å²) >= 11 is 1.99. The summed E-state index contributed by atoms with van der Waals surface area (Å²) in [4.78, 5) is 0. The van der Waals surface area contributed by atoms with Crippen molar-refractivity contribution in [3.05, 3.63) is 18.0 Å². The molecule has 0 bridgehead atoms. The van der Waals surface area contributed by atoms with Gasteiger partial charge in [-0.3, -0.25) is 4.68 Å². The number of rotatable bonds is 5. The van der Waals surface area contributed by atoms with Crippen molar-refractivity contribution >= 4 is 11.8 Å². The molecular formula is C15H25N3OS. The standard InChI is InChI=1S/C15H25N3OS/c1-16-14(15-11-20-9-8-19-15)10-12-6-7-18(17-12)13-4-2-3-5-13/h6-7,13-16H,2-5,8-11H2,1H3. The molecule has 1 aromatic rings. The van der Waals surface area contributed by atoms with Crippen LogP contribution in [0.3, 0.4) is 0 Å². The maximum absolute atomic E-state index is 5.89. The Labute approximate surface area is 125 Å². The first-order valence-electron chi connectivity index (χ1n) is 7.77. The zero-order chi connectivity index (χ0) is 13.8. The number of likely N-dealkylation sites (N-methyl/N-ethyl adjacent to an activating group) is 1. The highest BCUT2D eigenvalue weighted by Crippen LogP contribution is 2.28. The molecule has 2 unspecified atom stereocenters. The van der Waals surface area contributed by atoms with Crippen molar-refractivity contribution in [2.75, 3.05) is 25.2 Å². The largest absolute Gasteiger partial charge is 0.375 e. The molecule has 2 heterocycles. The minimum absolute atomic E-state index is 0.315. The second kappa shape index (κ2) is 6.96. The van der Waals surface area contributed by atoms with Crippen LogP contribution in [0.4, 0.5) is 0 Å². The molecule has 112 valence electrons. The van der Waals surface area contributed by atoms with E-state index in [0.717, 1.165) is 24.5 Å². The Morgan fingerprint density at radius 3 is 3.05 bits per heavy atom. The molecule has 0 aromatic carbocycles. The molecule has 5 heteroatoms. The minimum Gasteiger partial charge on any atom is -0.375 e. The number of hydrogen-bond donors (Lipinski definition) is 1. The number of nitrogens with zero attached hydrogens (tertiary/aromatic N) is 2. The highest BCUT2D eigenvalue weighted by Gasteiger charge is 2.25. The first-order chi connectivity index (χ1) is 9.86. The van der Waals surface area contributed by atoms with E-state index in [1.54, 1.807) is 0 Å². The van der Waals surface area contributed by atoms with Crippen molar-refractivity contribution in [3.8, 4) is 0 Å². The molecule has 2 aliphatic rings. The lowest BCUT2D eigenvalue weighted by Crippen LogP contribution is -2.44. The number of hydrogen-bond acceptors (Lipinski definition) is 4. The Bertz CT molecular complexity index is 411. The highest BCUT2D eigenvalue weighted by atomic mass is 32.2. The van der Waals surface area contributed by atoms with Crippen LogP contribution < -0.4 is 5.32 Å². The van der Waals surface area contributed by atoms with Crippen molar-refractivity contribution < 1.29 is 4.74 Å². The van der Waals surface area contributed by atoms with E-state index in [2.05, 4.69) is 22.3 Å². The molecule has 1 aliphatic carbocycles. The summed E-state index contributed by atoms with van der Waals surface area (Å²) in [5, 5.41) is 8.20. The van der Waals surface area contributed by atoms with Gasteiger partial charge in [-0.05, 0) is 26.0 Å². The third-order valence-electron chi connectivity index (χ3n) is 4.45. The summed E-state index contributed by atoms with van der Waals surface area (Å²) in [5.74, 6) is 2.22. The molecular weight excluding hydrogens is 270 g/mol. The zero-order valence-corrected chi connectivity index (χ0v) is 13.1. The smallest absolute Gasteiger partial charge is 0.0822 e. The topological polar surface area (TPSA) is 39.1 Å². The number of thioether (sulfide) groups is 1. The molecule has 0 amide bonds. The molecule has 1 N–H and O–H groups in total. The van der Waals surface area contributed by atoms with Crippen molar-refractivity contribution in [1.29, 1.82) is 0 Å². The van der Waals surface area contributed by atoms with E-state index >= 15 is 0 Å². The van der Waals surface area contributed by atoms with Crippen LogP contribution in [-0.4, -0.2) is 47.1 Å². The van der Waals surface area contributed by atoms with Crippen LogP contribution in [0.25, 0.3) is 0 Å². The van der Waals surface area contributed by atoms with E-state index in [9.17, 15) is 0 Å². The average Bonchev–Trinajstić information content (AvgIpc) is 3.16. The van der Waals surface area contributed by atoms with Crippen LogP contribution in [0.15, 0.2) is 12.3 Å². The van der Waals surface area contributed by atoms with E-state index in [1.165, 1.54) is 31.4 Å². The molecule has 0 radical (unpaired) electrons. The van der Waals surface area contributed by atoms with Crippen LogP contribution in [0.1, 0.15) is 37.4 Å². The van der Waals surface area contributed by atoms with Crippen molar-refractivity contribution in [2.24, 2.45) is 0 Å². The molecule has 1 aliphatic heterocycles. The maximum Gasteiger partial charge on any atom is 0.0822 e. The van der Waals surface area contributed by atoms with Gasteiger partial charge in [0, 0.05) is 30.2 Å². The third-order valence-corrected chi connectivity index (χ3v) is 5.47. The van der Waals surface area contributed by atoms with Crippen LogP contribution in [0.5, 0.6) is 0 Å². The molecule has 2 atom stereocenters. The monoisotopic (exact) mass is 295 g/mol. The van der Waals surface area contributed by atoms with E-state index < -0.39 is 0 Å². The summed E-state index contributed by atoms with van der Waals surface area (Å²) in [6.07, 6.45) is 8.72. The van der Waals surface area contributed by atoms with Gasteiger partial charge in [0.2, 0.25) is 0 Å². The average molecular weight is 295 g/mol. The second-order valence-corrected chi connectivity index (χ2v) is 6.96. The van der Waals surface area contributed by atoms with Gasteiger partial charge in [0.25, 0.3) is 0 Å². The SMILES string of the molecule is CNC(Cc1ccn(C2CCCC2)n1)C1CSCCO1. The maximum atomic E-state index is 5.89. The fourth-order valence-electron chi connectivity index (χ4n) is 3.24. The van der Waals surface area contributed by atoms with Crippen molar-refractivity contribution in [2.45, 2.75) is 50.3 Å². The lowest BCUT2D eigenvalue weighted by molar-refractivity contribution is 0.0489. The molecule has 1 saturated heterocycles. The Morgan fingerprint density at radius 2 is 2.35 bits per heavy atom. The number of nitrogens with one attached hydrogen (secondary N) is 1. The van der Waals surface area contributed by atoms with Gasteiger partial charge in [-0.25, -0.2) is 0 Å². The molecule has 20 heavy (non-hydrogen) atoms. The van der Waals surface area contributed by atoms with Gasteiger partial charge in [0.05, 0.1) is 24.4 Å². The summed E-state index contributed by atoms with van der Waals surface area (Å²) < 4.78 is 8.08. The van der Waals surface area contributed by atoms with Gasteiger partial charge < -0.3 is 10.1 Å². The zero-order valence-electron chi connectivity index (χ0n) is 12.3. The lowest BCUT2D eigenvalue weighted by Gasteiger charge is -2.29. The Kier molecular flexibility index (Phi) is 5.02. The summed E-state index contributed by atoms with van der Waals surface area (Å²) in [6.45, 7) is 0.879. The van der Waals surface area contributed by atoms with Crippen LogP contribution in [-0.2, 0) is 11.2 Å². The van der Waals surface area contributed by atoms with Crippen LogP contribution >= 0.6 is 11.8 Å². The van der Waals surface area contributed by atoms with E-state index in [0.29, 0.717) is 18.2 Å². The molecule has 2 fully saturated rings. The first kappa shape index (κ1) is 14.4. The predicted octanol–water partition coefficient (Wildman–Crippen LogP) is 2.26. The van der Waals surface area contributed by atoms with Crippen molar-refractivity contribution in [1.82, 2.24) is 15.1 Å². The van der Waals surface area contributed by atoms with Gasteiger partial charge >= 0.3 is 0 Å². The summed E-state index contributed by atoms with van der Waals surface area (Å²) in [6, 6.07) is 3.19. The van der Waals surface area contributed by atoms with Crippen LogP contribution in [0, 0.1) is 0 Å². The van der Waals surface area contributed by atoms with Crippen LogP contribution in [0.2, 0.25) is 0 Å². The van der Waals surface area contributed by atoms with Gasteiger partial charge in [-0.2, -0.15) is 16.9 Å². The molecule has 1 aromatic heterocycles. The van der Waals surface area contributed by atoms with Gasteiger partial charge in [0.1, 0.15) is 0 Å². The predicted molar refractivity (Wildman–Crippen MR) is 83.3 cm³/mol. The molecule has 4 nitrogen and oxygen atoms in total. The normalized spacial score (nSPS) is 25.9. The lowest BCUT2D eigenvalue weighted by atomic mass is 10.1. The fourth-order valence-corrected chi connectivity index (χ4v) is 4.18. The Hall–Kier alpha value is -0.520. The minimum atomic E-state index is 0.315. The van der Waals surface area contributed by atoms with E-state index in [4.69, 9.17) is 9.84 Å². The quantitative estimate of drug-likeness (QED) is 0.904. The van der Waals surface area contributed by atoms with Gasteiger partial charge in [-0.15, -0.1) is 0 Å². The fraction of sp³-hybridized carbons (Fsp3) is 0.800. The van der Waals surface area contributed by atoms with E-state index in [1.807, 2.05) is 18.8 Å². The van der Waals surface area contributed by atoms with Gasteiger partial charge in [-0.1, -0.05) is 12.8 Å². The summed E-state index contributed by atoms with van der Waals surface area (Å²) in [5.41, 5.74) is 1.19. The Morgan fingerprint density at radius 1 is 1.50 bits per heavy atom.